The van der Waals surface area contributed by atoms with E-state index in [4.69, 9.17) is 9.84 Å². The van der Waals surface area contributed by atoms with Gasteiger partial charge in [-0.3, -0.25) is 9.78 Å². The summed E-state index contributed by atoms with van der Waals surface area (Å²) in [6.07, 6.45) is 4.58. The van der Waals surface area contributed by atoms with Crippen molar-refractivity contribution >= 4 is 11.8 Å². The molecule has 0 aromatic carbocycles. The summed E-state index contributed by atoms with van der Waals surface area (Å²) in [5, 5.41) is 11.8. The quantitative estimate of drug-likeness (QED) is 0.687. The van der Waals surface area contributed by atoms with Gasteiger partial charge in [-0.05, 0) is 19.8 Å². The second kappa shape index (κ2) is 7.47. The van der Waals surface area contributed by atoms with Crippen LogP contribution < -0.4 is 10.1 Å². The van der Waals surface area contributed by atoms with Crippen molar-refractivity contribution in [2.45, 2.75) is 26.7 Å². The van der Waals surface area contributed by atoms with Crippen LogP contribution in [-0.2, 0) is 4.79 Å². The summed E-state index contributed by atoms with van der Waals surface area (Å²) in [6, 6.07) is 0. The molecule has 0 amide bonds. The smallest absolute Gasteiger partial charge is 0.306 e. The summed E-state index contributed by atoms with van der Waals surface area (Å²) in [4.78, 5) is 18.8. The summed E-state index contributed by atoms with van der Waals surface area (Å²) in [7, 11) is 0. The van der Waals surface area contributed by atoms with Gasteiger partial charge >= 0.3 is 5.97 Å². The van der Waals surface area contributed by atoms with Crippen molar-refractivity contribution < 1.29 is 14.6 Å². The van der Waals surface area contributed by atoms with E-state index in [1.165, 1.54) is 0 Å². The maximum Gasteiger partial charge on any atom is 0.306 e. The second-order valence-electron chi connectivity index (χ2n) is 3.98. The average Bonchev–Trinajstić information content (AvgIpc) is 2.35. The van der Waals surface area contributed by atoms with Gasteiger partial charge in [0.15, 0.2) is 0 Å². The van der Waals surface area contributed by atoms with Gasteiger partial charge in [0.05, 0.1) is 24.9 Å². The molecule has 1 unspecified atom stereocenters. The van der Waals surface area contributed by atoms with Gasteiger partial charge in [-0.15, -0.1) is 0 Å². The Morgan fingerprint density at radius 1 is 1.56 bits per heavy atom. The molecule has 18 heavy (non-hydrogen) atoms. The van der Waals surface area contributed by atoms with Gasteiger partial charge in [0.1, 0.15) is 5.82 Å². The number of carboxylic acid groups (broad SMARTS) is 1. The van der Waals surface area contributed by atoms with E-state index >= 15 is 0 Å². The van der Waals surface area contributed by atoms with Gasteiger partial charge in [-0.2, -0.15) is 4.98 Å². The first kappa shape index (κ1) is 14.2. The number of hydrogen-bond donors (Lipinski definition) is 2. The minimum absolute atomic E-state index is 0.312. The van der Waals surface area contributed by atoms with Crippen LogP contribution in [-0.4, -0.2) is 34.2 Å². The van der Waals surface area contributed by atoms with Crippen LogP contribution in [0.3, 0.4) is 0 Å². The Morgan fingerprint density at radius 3 is 3.00 bits per heavy atom. The molecule has 6 nitrogen and oxygen atoms in total. The molecule has 0 aliphatic rings. The molecule has 1 aromatic rings. The predicted octanol–water partition coefficient (Wildman–Crippen LogP) is 1.79. The lowest BCUT2D eigenvalue weighted by Crippen LogP contribution is -2.12. The molecular formula is C12H19N3O3. The van der Waals surface area contributed by atoms with Crippen molar-refractivity contribution in [1.29, 1.82) is 0 Å². The van der Waals surface area contributed by atoms with Crippen LogP contribution in [0.5, 0.6) is 5.88 Å². The molecule has 0 saturated heterocycles. The van der Waals surface area contributed by atoms with Crippen molar-refractivity contribution in [1.82, 2.24) is 9.97 Å². The molecule has 0 bridgehead atoms. The fraction of sp³-hybridized carbons (Fsp3) is 0.583. The molecule has 0 aliphatic heterocycles. The van der Waals surface area contributed by atoms with Gasteiger partial charge in [0.25, 0.3) is 0 Å². The standard InChI is InChI=1S/C12H19N3O3/c1-3-18-11-8-13-7-10(15-11)14-6-4-5-9(2)12(16)17/h7-9H,3-6H2,1-2H3,(H,14,15)(H,16,17). The third-order valence-corrected chi connectivity index (χ3v) is 2.45. The molecule has 1 heterocycles. The van der Waals surface area contributed by atoms with Gasteiger partial charge in [-0.25, -0.2) is 0 Å². The van der Waals surface area contributed by atoms with Crippen LogP contribution >= 0.6 is 0 Å². The zero-order valence-corrected chi connectivity index (χ0v) is 10.7. The molecular weight excluding hydrogens is 234 g/mol. The molecule has 0 spiro atoms. The molecule has 1 rings (SSSR count). The molecule has 0 aliphatic carbocycles. The van der Waals surface area contributed by atoms with E-state index in [0.29, 0.717) is 31.3 Å². The van der Waals surface area contributed by atoms with Crippen molar-refractivity contribution in [3.63, 3.8) is 0 Å². The first-order valence-electron chi connectivity index (χ1n) is 6.05. The van der Waals surface area contributed by atoms with Crippen LogP contribution in [0.15, 0.2) is 12.4 Å². The topological polar surface area (TPSA) is 84.3 Å². The Balaban J connectivity index is 2.30. The lowest BCUT2D eigenvalue weighted by molar-refractivity contribution is -0.141. The molecule has 0 fully saturated rings. The Morgan fingerprint density at radius 2 is 2.33 bits per heavy atom. The van der Waals surface area contributed by atoms with E-state index in [1.807, 2.05) is 6.92 Å². The zero-order chi connectivity index (χ0) is 13.4. The number of carbonyl (C=O) groups is 1. The average molecular weight is 253 g/mol. The van der Waals surface area contributed by atoms with E-state index in [2.05, 4.69) is 15.3 Å². The zero-order valence-electron chi connectivity index (χ0n) is 10.7. The van der Waals surface area contributed by atoms with Crippen LogP contribution in [0.4, 0.5) is 5.82 Å². The Kier molecular flexibility index (Phi) is 5.90. The number of ether oxygens (including phenoxy) is 1. The summed E-state index contributed by atoms with van der Waals surface area (Å²) in [6.45, 7) is 4.81. The molecule has 1 aromatic heterocycles. The van der Waals surface area contributed by atoms with E-state index in [-0.39, 0.29) is 5.92 Å². The van der Waals surface area contributed by atoms with Crippen molar-refractivity contribution in [2.75, 3.05) is 18.5 Å². The normalized spacial score (nSPS) is 11.9. The van der Waals surface area contributed by atoms with Crippen LogP contribution in [0.25, 0.3) is 0 Å². The maximum atomic E-state index is 10.6. The minimum atomic E-state index is -0.756. The third-order valence-electron chi connectivity index (χ3n) is 2.45. The molecule has 0 saturated carbocycles. The van der Waals surface area contributed by atoms with E-state index in [0.717, 1.165) is 6.42 Å². The van der Waals surface area contributed by atoms with Crippen molar-refractivity contribution in [2.24, 2.45) is 5.92 Å². The number of carboxylic acids is 1. The fourth-order valence-corrected chi connectivity index (χ4v) is 1.40. The summed E-state index contributed by atoms with van der Waals surface area (Å²) < 4.78 is 5.23. The van der Waals surface area contributed by atoms with Crippen LogP contribution in [0, 0.1) is 5.92 Å². The first-order chi connectivity index (χ1) is 8.63. The van der Waals surface area contributed by atoms with Crippen LogP contribution in [0.2, 0.25) is 0 Å². The maximum absolute atomic E-state index is 10.6. The highest BCUT2D eigenvalue weighted by atomic mass is 16.5. The third kappa shape index (κ3) is 4.99. The number of rotatable bonds is 8. The van der Waals surface area contributed by atoms with Crippen LogP contribution in [0.1, 0.15) is 26.7 Å². The first-order valence-corrected chi connectivity index (χ1v) is 6.05. The number of anilines is 1. The Hall–Kier alpha value is -1.85. The van der Waals surface area contributed by atoms with E-state index in [9.17, 15) is 4.79 Å². The summed E-state index contributed by atoms with van der Waals surface area (Å²) in [5.41, 5.74) is 0. The second-order valence-corrected chi connectivity index (χ2v) is 3.98. The number of aliphatic carboxylic acids is 1. The number of nitrogens with zero attached hydrogens (tertiary/aromatic N) is 2. The van der Waals surface area contributed by atoms with E-state index in [1.54, 1.807) is 19.3 Å². The fourth-order valence-electron chi connectivity index (χ4n) is 1.40. The summed E-state index contributed by atoms with van der Waals surface area (Å²) >= 11 is 0. The molecule has 100 valence electrons. The van der Waals surface area contributed by atoms with Gasteiger partial charge in [-0.1, -0.05) is 6.92 Å². The lowest BCUT2D eigenvalue weighted by atomic mass is 10.1. The number of aromatic nitrogens is 2. The SMILES string of the molecule is CCOc1cncc(NCCCC(C)C(=O)O)n1. The van der Waals surface area contributed by atoms with E-state index < -0.39 is 5.97 Å². The summed E-state index contributed by atoms with van der Waals surface area (Å²) in [5.74, 6) is 0.0612. The monoisotopic (exact) mass is 253 g/mol. The molecule has 2 N–H and O–H groups in total. The lowest BCUT2D eigenvalue weighted by Gasteiger charge is -2.08. The minimum Gasteiger partial charge on any atom is -0.481 e. The number of nitrogens with one attached hydrogen (secondary N) is 1. The molecule has 6 heteroatoms. The van der Waals surface area contributed by atoms with Gasteiger partial charge in [0.2, 0.25) is 5.88 Å². The number of hydrogen-bond acceptors (Lipinski definition) is 5. The van der Waals surface area contributed by atoms with Gasteiger partial charge in [0, 0.05) is 6.54 Å². The predicted molar refractivity (Wildman–Crippen MR) is 67.7 cm³/mol. The molecule has 0 radical (unpaired) electrons. The highest BCUT2D eigenvalue weighted by molar-refractivity contribution is 5.69. The Bertz CT molecular complexity index is 385. The highest BCUT2D eigenvalue weighted by Crippen LogP contribution is 2.10. The van der Waals surface area contributed by atoms with Crippen molar-refractivity contribution in [3.8, 4) is 5.88 Å². The Labute approximate surface area is 106 Å². The molecule has 1 atom stereocenters. The van der Waals surface area contributed by atoms with Gasteiger partial charge < -0.3 is 15.2 Å². The largest absolute Gasteiger partial charge is 0.481 e. The highest BCUT2D eigenvalue weighted by Gasteiger charge is 2.09. The van der Waals surface area contributed by atoms with Crippen molar-refractivity contribution in [3.05, 3.63) is 12.4 Å².